The van der Waals surface area contributed by atoms with Gasteiger partial charge in [-0.3, -0.25) is 6.58 Å². The first-order valence-electron chi connectivity index (χ1n) is 3.17. The van der Waals surface area contributed by atoms with Crippen molar-refractivity contribution in [2.45, 2.75) is 26.2 Å². The Kier molecular flexibility index (Phi) is 63.1. The van der Waals surface area contributed by atoms with Gasteiger partial charge in [-0.15, -0.1) is 30.6 Å². The molecule has 0 aromatic carbocycles. The van der Waals surface area contributed by atoms with E-state index in [-0.39, 0.29) is 47.0 Å². The van der Waals surface area contributed by atoms with Gasteiger partial charge in [0.1, 0.15) is 0 Å². The largest absolute Gasteiger partial charge is 2.00 e. The van der Waals surface area contributed by atoms with Gasteiger partial charge in [0, 0.05) is 0 Å². The Morgan fingerprint density at radius 2 is 1.91 bits per heavy atom. The third-order valence-electron chi connectivity index (χ3n) is 0.658. The molecule has 0 rings (SSSR count). The second kappa shape index (κ2) is 30.6. The predicted molar refractivity (Wildman–Crippen MR) is 65.1 cm³/mol. The molecule has 2 heteroatoms. The van der Waals surface area contributed by atoms with Crippen LogP contribution in [0.25, 0.3) is 0 Å². The Morgan fingerprint density at radius 3 is 2.00 bits per heavy atom. The van der Waals surface area contributed by atoms with E-state index in [1.54, 1.807) is 6.92 Å². The molecule has 0 aromatic heterocycles. The molecule has 0 spiro atoms. The Balaban J connectivity index is -0.0000000437. The molecule has 0 fully saturated rings. The van der Waals surface area contributed by atoms with E-state index >= 15 is 0 Å². The van der Waals surface area contributed by atoms with E-state index < -0.39 is 0 Å². The Bertz CT molecular complexity index is 62.6. The van der Waals surface area contributed by atoms with Crippen LogP contribution in [-0.4, -0.2) is 23.1 Å². The fourth-order valence-electron chi connectivity index (χ4n) is 0.289. The Labute approximate surface area is 105 Å². The molecule has 0 amide bonds. The maximum atomic E-state index is 3.68. The SMILES string of the molecule is C=CCCC[CH2-].C=[C-]C.I.[Mg+2]. The molecule has 0 nitrogen and oxygen atoms in total. The van der Waals surface area contributed by atoms with Gasteiger partial charge in [0.2, 0.25) is 0 Å². The fourth-order valence-corrected chi connectivity index (χ4v) is 0.289. The second-order valence-electron chi connectivity index (χ2n) is 1.64. The van der Waals surface area contributed by atoms with E-state index in [0.29, 0.717) is 0 Å². The molecule has 0 saturated heterocycles. The first-order chi connectivity index (χ1) is 4.33. The summed E-state index contributed by atoms with van der Waals surface area (Å²) in [5.41, 5.74) is 0. The van der Waals surface area contributed by atoms with E-state index in [4.69, 9.17) is 0 Å². The van der Waals surface area contributed by atoms with Crippen molar-refractivity contribution in [3.8, 4) is 0 Å². The molecule has 0 aliphatic carbocycles. The molecular formula is C9H17IMg. The summed E-state index contributed by atoms with van der Waals surface area (Å²) in [5.74, 6) is 0. The number of allylic oxidation sites excluding steroid dienone is 2. The molecular weight excluding hydrogens is 259 g/mol. The second-order valence-corrected chi connectivity index (χ2v) is 1.64. The molecule has 0 unspecified atom stereocenters. The minimum Gasteiger partial charge on any atom is -0.507 e. The number of unbranched alkanes of at least 4 members (excludes halogenated alkanes) is 2. The van der Waals surface area contributed by atoms with Crippen molar-refractivity contribution in [3.05, 3.63) is 32.2 Å². The van der Waals surface area contributed by atoms with Gasteiger partial charge >= 0.3 is 23.1 Å². The zero-order valence-electron chi connectivity index (χ0n) is 7.44. The van der Waals surface area contributed by atoms with Gasteiger partial charge in [0.25, 0.3) is 0 Å². The summed E-state index contributed by atoms with van der Waals surface area (Å²) in [7, 11) is 0. The molecule has 0 aliphatic rings. The standard InChI is InChI=1S/C6H11.C3H5.HI.Mg/c1-3-5-6-4-2;1-3-2;;/h3H,1-2,4-6H2;1H2,2H3;1H;/q2*-1;;+2. The maximum Gasteiger partial charge on any atom is 2.00 e. The van der Waals surface area contributed by atoms with Crippen molar-refractivity contribution >= 4 is 47.0 Å². The number of hydrogen-bond acceptors (Lipinski definition) is 0. The Morgan fingerprint density at radius 1 is 1.55 bits per heavy atom. The van der Waals surface area contributed by atoms with E-state index in [2.05, 4.69) is 26.2 Å². The smallest absolute Gasteiger partial charge is 0.507 e. The number of hydrogen-bond donors (Lipinski definition) is 0. The average Bonchev–Trinajstić information content (AvgIpc) is 1.86. The molecule has 0 heterocycles. The van der Waals surface area contributed by atoms with Gasteiger partial charge in [0.05, 0.1) is 0 Å². The van der Waals surface area contributed by atoms with Crippen molar-refractivity contribution in [1.82, 2.24) is 0 Å². The summed E-state index contributed by atoms with van der Waals surface area (Å²) in [4.78, 5) is 0. The molecule has 0 radical (unpaired) electrons. The van der Waals surface area contributed by atoms with Crippen molar-refractivity contribution in [3.63, 3.8) is 0 Å². The maximum absolute atomic E-state index is 3.68. The zero-order valence-corrected chi connectivity index (χ0v) is 11.2. The summed E-state index contributed by atoms with van der Waals surface area (Å²) >= 11 is 0. The molecule has 0 N–H and O–H groups in total. The normalized spacial score (nSPS) is 5.64. The van der Waals surface area contributed by atoms with Crippen LogP contribution in [0.15, 0.2) is 19.2 Å². The summed E-state index contributed by atoms with van der Waals surface area (Å²) in [5, 5.41) is 0. The molecule has 0 aliphatic heterocycles. The number of rotatable bonds is 3. The summed E-state index contributed by atoms with van der Waals surface area (Å²) < 4.78 is 0. The Hall–Kier alpha value is 0.976. The molecule has 0 atom stereocenters. The van der Waals surface area contributed by atoms with Gasteiger partial charge in [-0.25, -0.2) is 0 Å². The van der Waals surface area contributed by atoms with E-state index in [0.717, 1.165) is 12.8 Å². The van der Waals surface area contributed by atoms with Gasteiger partial charge in [-0.1, -0.05) is 12.5 Å². The third-order valence-corrected chi connectivity index (χ3v) is 0.658. The minimum atomic E-state index is 0. The van der Waals surface area contributed by atoms with Crippen LogP contribution in [0, 0.1) is 13.0 Å². The van der Waals surface area contributed by atoms with Crippen molar-refractivity contribution in [1.29, 1.82) is 0 Å². The summed E-state index contributed by atoms with van der Waals surface area (Å²) in [6.07, 6.45) is 7.75. The van der Waals surface area contributed by atoms with Gasteiger partial charge in [0.15, 0.2) is 0 Å². The van der Waals surface area contributed by atoms with Gasteiger partial charge in [-0.2, -0.15) is 13.3 Å². The van der Waals surface area contributed by atoms with E-state index in [1.165, 1.54) is 6.42 Å². The molecule has 0 aromatic rings. The summed E-state index contributed by atoms with van der Waals surface area (Å²) in [6, 6.07) is 0. The van der Waals surface area contributed by atoms with Crippen LogP contribution < -0.4 is 0 Å². The van der Waals surface area contributed by atoms with Crippen LogP contribution in [0.4, 0.5) is 0 Å². The van der Waals surface area contributed by atoms with Crippen molar-refractivity contribution in [2.24, 2.45) is 0 Å². The van der Waals surface area contributed by atoms with E-state index in [9.17, 15) is 0 Å². The van der Waals surface area contributed by atoms with Crippen LogP contribution in [0.3, 0.4) is 0 Å². The summed E-state index contributed by atoms with van der Waals surface area (Å²) in [6.45, 7) is 12.2. The van der Waals surface area contributed by atoms with Crippen molar-refractivity contribution < 1.29 is 0 Å². The van der Waals surface area contributed by atoms with Crippen LogP contribution >= 0.6 is 24.0 Å². The van der Waals surface area contributed by atoms with Gasteiger partial charge in [-0.05, 0) is 6.42 Å². The minimum absolute atomic E-state index is 0. The first-order valence-corrected chi connectivity index (χ1v) is 3.17. The quantitative estimate of drug-likeness (QED) is 0.244. The third kappa shape index (κ3) is 55.9. The van der Waals surface area contributed by atoms with Gasteiger partial charge < -0.3 is 13.0 Å². The zero-order chi connectivity index (χ0) is 7.54. The average molecular weight is 276 g/mol. The topological polar surface area (TPSA) is 0 Å². The van der Waals surface area contributed by atoms with Crippen LogP contribution in [0.2, 0.25) is 0 Å². The molecule has 11 heavy (non-hydrogen) atoms. The molecule has 0 bridgehead atoms. The molecule has 62 valence electrons. The predicted octanol–water partition coefficient (Wildman–Crippen LogP) is 3.41. The first kappa shape index (κ1) is 22.7. The van der Waals surface area contributed by atoms with E-state index in [1.807, 2.05) is 6.08 Å². The van der Waals surface area contributed by atoms with Crippen molar-refractivity contribution in [2.75, 3.05) is 0 Å². The fraction of sp³-hybridized carbons (Fsp3) is 0.444. The van der Waals surface area contributed by atoms with Crippen LogP contribution in [-0.2, 0) is 0 Å². The van der Waals surface area contributed by atoms with Crippen LogP contribution in [0.1, 0.15) is 26.2 Å². The van der Waals surface area contributed by atoms with Crippen LogP contribution in [0.5, 0.6) is 0 Å². The molecule has 0 saturated carbocycles. The monoisotopic (exact) mass is 276 g/mol. The number of halogens is 1.